The van der Waals surface area contributed by atoms with Gasteiger partial charge in [0.25, 0.3) is 0 Å². The number of hydrogen-bond acceptors (Lipinski definition) is 3. The Morgan fingerprint density at radius 1 is 1.04 bits per heavy atom. The largest absolute Gasteiger partial charge is 0.351 e. The third kappa shape index (κ3) is 4.92. The lowest BCUT2D eigenvalue weighted by atomic mass is 10.00. The molecule has 0 heterocycles. The molecule has 25 heavy (non-hydrogen) atoms. The van der Waals surface area contributed by atoms with Gasteiger partial charge in [-0.05, 0) is 42.0 Å². The Hall–Kier alpha value is -2.14. The highest BCUT2D eigenvalue weighted by molar-refractivity contribution is 7.91. The van der Waals surface area contributed by atoms with Crippen LogP contribution in [0, 0.1) is 0 Å². The fourth-order valence-corrected chi connectivity index (χ4v) is 4.56. The number of rotatable bonds is 6. The lowest BCUT2D eigenvalue weighted by Crippen LogP contribution is -2.32. The van der Waals surface area contributed by atoms with Crippen LogP contribution in [-0.2, 0) is 20.4 Å². The first-order chi connectivity index (χ1) is 12.0. The Morgan fingerprint density at radius 2 is 1.84 bits per heavy atom. The van der Waals surface area contributed by atoms with Crippen LogP contribution >= 0.6 is 0 Å². The van der Waals surface area contributed by atoms with Crippen LogP contribution in [-0.4, -0.2) is 26.6 Å². The van der Waals surface area contributed by atoms with E-state index < -0.39 is 21.5 Å². The van der Waals surface area contributed by atoms with Crippen molar-refractivity contribution >= 4 is 26.5 Å². The Morgan fingerprint density at radius 3 is 2.64 bits per heavy atom. The molecule has 1 N–H and O–H groups in total. The lowest BCUT2D eigenvalue weighted by molar-refractivity contribution is -0.118. The van der Waals surface area contributed by atoms with Gasteiger partial charge in [0.2, 0.25) is 5.91 Å². The number of amides is 1. The second kappa shape index (κ2) is 7.83. The van der Waals surface area contributed by atoms with Crippen LogP contribution in [0.1, 0.15) is 31.2 Å². The van der Waals surface area contributed by atoms with Gasteiger partial charge in [0.05, 0.1) is 5.75 Å². The van der Waals surface area contributed by atoms with Crippen molar-refractivity contribution in [2.75, 3.05) is 12.3 Å². The van der Waals surface area contributed by atoms with Crippen molar-refractivity contribution in [3.63, 3.8) is 0 Å². The normalized spacial score (nSPS) is 15.0. The molecule has 0 saturated carbocycles. The van der Waals surface area contributed by atoms with E-state index in [2.05, 4.69) is 11.4 Å². The van der Waals surface area contributed by atoms with Gasteiger partial charge in [-0.3, -0.25) is 4.79 Å². The topological polar surface area (TPSA) is 63.2 Å². The van der Waals surface area contributed by atoms with Crippen molar-refractivity contribution in [1.82, 2.24) is 5.32 Å². The third-order valence-electron chi connectivity index (χ3n) is 4.50. The number of sulfone groups is 1. The van der Waals surface area contributed by atoms with E-state index in [1.165, 1.54) is 12.0 Å². The minimum Gasteiger partial charge on any atom is -0.351 e. The maximum Gasteiger partial charge on any atom is 0.235 e. The molecule has 2 aromatic rings. The molecule has 0 fully saturated rings. The first-order valence-electron chi connectivity index (χ1n) is 8.65. The third-order valence-corrected chi connectivity index (χ3v) is 5.96. The highest BCUT2D eigenvalue weighted by Gasteiger charge is 2.19. The zero-order valence-electron chi connectivity index (χ0n) is 14.2. The zero-order valence-corrected chi connectivity index (χ0v) is 15.0. The van der Waals surface area contributed by atoms with Crippen molar-refractivity contribution in [2.24, 2.45) is 0 Å². The highest BCUT2D eigenvalue weighted by Crippen LogP contribution is 2.21. The summed E-state index contributed by atoms with van der Waals surface area (Å²) in [5.74, 6) is -1.01. The molecule has 132 valence electrons. The Bertz CT molecular complexity index is 895. The van der Waals surface area contributed by atoms with Gasteiger partial charge in [0.15, 0.2) is 9.84 Å². The Balaban J connectivity index is 1.63. The number of carbonyl (C=O) groups excluding carboxylic acids is 1. The van der Waals surface area contributed by atoms with E-state index in [0.717, 1.165) is 35.6 Å². The minimum absolute atomic E-state index is 0.121. The highest BCUT2D eigenvalue weighted by atomic mass is 32.2. The number of allylic oxidation sites excluding steroid dienone is 1. The number of nitrogens with one attached hydrogen (secondary N) is 1. The van der Waals surface area contributed by atoms with Gasteiger partial charge in [0.1, 0.15) is 5.75 Å². The predicted octanol–water partition coefficient (Wildman–Crippen LogP) is 3.37. The molecule has 0 aliphatic heterocycles. The number of hydrogen-bond donors (Lipinski definition) is 1. The molecule has 0 unspecified atom stereocenters. The summed E-state index contributed by atoms with van der Waals surface area (Å²) in [6.45, 7) is 0.461. The van der Waals surface area contributed by atoms with E-state index in [-0.39, 0.29) is 5.75 Å². The maximum atomic E-state index is 12.4. The standard InChI is InChI=1S/C20H23NO3S/c22-20(21-13-16-7-2-1-3-8-16)15-25(23,24)14-18-11-6-10-17-9-4-5-12-19(17)18/h4-7,9-12H,1-3,8,13-15H2,(H,21,22). The summed E-state index contributed by atoms with van der Waals surface area (Å²) in [5, 5.41) is 4.67. The SMILES string of the molecule is O=C(CS(=O)(=O)Cc1cccc2ccccc12)NCC1=CCCCC1. The smallest absolute Gasteiger partial charge is 0.235 e. The first kappa shape index (κ1) is 17.7. The number of fused-ring (bicyclic) bond motifs is 1. The minimum atomic E-state index is -3.51. The number of benzene rings is 2. The van der Waals surface area contributed by atoms with Crippen LogP contribution in [0.3, 0.4) is 0 Å². The van der Waals surface area contributed by atoms with E-state index >= 15 is 0 Å². The Kier molecular flexibility index (Phi) is 5.53. The molecule has 0 saturated heterocycles. The molecule has 2 aromatic carbocycles. The van der Waals surface area contributed by atoms with Gasteiger partial charge in [-0.15, -0.1) is 0 Å². The molecular weight excluding hydrogens is 334 g/mol. The van der Waals surface area contributed by atoms with Crippen molar-refractivity contribution in [1.29, 1.82) is 0 Å². The molecule has 4 nitrogen and oxygen atoms in total. The van der Waals surface area contributed by atoms with Crippen LogP contribution in [0.4, 0.5) is 0 Å². The zero-order chi connectivity index (χ0) is 17.7. The molecule has 0 radical (unpaired) electrons. The van der Waals surface area contributed by atoms with Crippen molar-refractivity contribution in [3.05, 3.63) is 59.7 Å². The fourth-order valence-electron chi connectivity index (χ4n) is 3.23. The molecule has 1 aliphatic rings. The summed E-state index contributed by atoms with van der Waals surface area (Å²) < 4.78 is 24.9. The van der Waals surface area contributed by atoms with E-state index in [0.29, 0.717) is 6.54 Å². The van der Waals surface area contributed by atoms with Gasteiger partial charge in [-0.2, -0.15) is 0 Å². The van der Waals surface area contributed by atoms with Crippen molar-refractivity contribution in [3.8, 4) is 0 Å². The van der Waals surface area contributed by atoms with Crippen molar-refractivity contribution in [2.45, 2.75) is 31.4 Å². The van der Waals surface area contributed by atoms with E-state index in [1.807, 2.05) is 42.5 Å². The maximum absolute atomic E-state index is 12.4. The van der Waals surface area contributed by atoms with Gasteiger partial charge in [-0.1, -0.05) is 54.1 Å². The van der Waals surface area contributed by atoms with E-state index in [1.54, 1.807) is 0 Å². The van der Waals surface area contributed by atoms with Crippen molar-refractivity contribution < 1.29 is 13.2 Å². The second-order valence-corrected chi connectivity index (χ2v) is 8.62. The lowest BCUT2D eigenvalue weighted by Gasteiger charge is -2.13. The molecule has 1 amide bonds. The molecule has 5 heteroatoms. The fraction of sp³-hybridized carbons (Fsp3) is 0.350. The van der Waals surface area contributed by atoms with E-state index in [4.69, 9.17) is 0 Å². The summed E-state index contributed by atoms with van der Waals surface area (Å²) in [4.78, 5) is 12.0. The second-order valence-electron chi connectivity index (χ2n) is 6.56. The Labute approximate surface area is 148 Å². The molecule has 3 rings (SSSR count). The summed E-state index contributed by atoms with van der Waals surface area (Å²) in [6, 6.07) is 13.3. The van der Waals surface area contributed by atoms with Gasteiger partial charge < -0.3 is 5.32 Å². The summed E-state index contributed by atoms with van der Waals surface area (Å²) in [6.07, 6.45) is 6.51. The van der Waals surface area contributed by atoms with Crippen LogP contribution in [0.15, 0.2) is 54.1 Å². The van der Waals surface area contributed by atoms with Gasteiger partial charge in [-0.25, -0.2) is 8.42 Å². The average Bonchev–Trinajstić information content (AvgIpc) is 2.60. The van der Waals surface area contributed by atoms with E-state index in [9.17, 15) is 13.2 Å². The summed E-state index contributed by atoms with van der Waals surface area (Å²) >= 11 is 0. The van der Waals surface area contributed by atoms with Crippen LogP contribution in [0.2, 0.25) is 0 Å². The molecule has 0 aromatic heterocycles. The van der Waals surface area contributed by atoms with Crippen LogP contribution in [0.25, 0.3) is 10.8 Å². The number of carbonyl (C=O) groups is 1. The van der Waals surface area contributed by atoms with Gasteiger partial charge in [0, 0.05) is 6.54 Å². The average molecular weight is 357 g/mol. The first-order valence-corrected chi connectivity index (χ1v) is 10.5. The van der Waals surface area contributed by atoms with Crippen LogP contribution < -0.4 is 5.32 Å². The molecule has 0 atom stereocenters. The molecular formula is C20H23NO3S. The monoisotopic (exact) mass is 357 g/mol. The molecule has 0 bridgehead atoms. The quantitative estimate of drug-likeness (QED) is 0.806. The summed E-state index contributed by atoms with van der Waals surface area (Å²) in [5.41, 5.74) is 1.94. The predicted molar refractivity (Wildman–Crippen MR) is 101 cm³/mol. The van der Waals surface area contributed by atoms with Gasteiger partial charge >= 0.3 is 0 Å². The summed E-state index contributed by atoms with van der Waals surface area (Å²) in [7, 11) is -3.51. The molecule has 1 aliphatic carbocycles. The van der Waals surface area contributed by atoms with Crippen LogP contribution in [0.5, 0.6) is 0 Å². The molecule has 0 spiro atoms.